The van der Waals surface area contributed by atoms with Crippen molar-refractivity contribution in [3.63, 3.8) is 0 Å². The summed E-state index contributed by atoms with van der Waals surface area (Å²) in [6, 6.07) is 0.656. The third kappa shape index (κ3) is 4.97. The van der Waals surface area contributed by atoms with Crippen LogP contribution in [0.3, 0.4) is 0 Å². The molecule has 2 rings (SSSR count). The van der Waals surface area contributed by atoms with Gasteiger partial charge in [0, 0.05) is 19.2 Å². The lowest BCUT2D eigenvalue weighted by Gasteiger charge is -2.22. The Balaban J connectivity index is 1.71. The normalized spacial score (nSPS) is 27.4. The predicted octanol–water partition coefficient (Wildman–Crippen LogP) is 2.55. The van der Waals surface area contributed by atoms with Crippen LogP contribution >= 0.6 is 0 Å². The highest BCUT2D eigenvalue weighted by Gasteiger charge is 2.43. The zero-order valence-corrected chi connectivity index (χ0v) is 13.2. The Morgan fingerprint density at radius 2 is 2.00 bits per heavy atom. The van der Waals surface area contributed by atoms with Crippen LogP contribution in [-0.2, 0) is 4.74 Å². The van der Waals surface area contributed by atoms with E-state index in [1.54, 1.807) is 0 Å². The molecule has 116 valence electrons. The van der Waals surface area contributed by atoms with E-state index < -0.39 is 0 Å². The van der Waals surface area contributed by atoms with Crippen LogP contribution in [0.1, 0.15) is 52.4 Å². The Hall–Kier alpha value is -0.770. The van der Waals surface area contributed by atoms with Crippen molar-refractivity contribution in [2.45, 2.75) is 58.4 Å². The molecule has 2 N–H and O–H groups in total. The molecular weight excluding hydrogens is 250 g/mol. The summed E-state index contributed by atoms with van der Waals surface area (Å²) < 4.78 is 5.34. The topological polar surface area (TPSA) is 45.7 Å². The molecule has 0 heterocycles. The maximum Gasteiger partial charge on any atom is 0.191 e. The molecule has 0 spiro atoms. The zero-order chi connectivity index (χ0) is 14.2. The number of nitrogens with zero attached hydrogens (tertiary/aromatic N) is 1. The van der Waals surface area contributed by atoms with E-state index in [1.807, 2.05) is 6.92 Å². The highest BCUT2D eigenvalue weighted by Crippen LogP contribution is 2.44. The summed E-state index contributed by atoms with van der Waals surface area (Å²) in [7, 11) is 0. The summed E-state index contributed by atoms with van der Waals surface area (Å²) in [5, 5.41) is 6.94. The van der Waals surface area contributed by atoms with Gasteiger partial charge < -0.3 is 15.4 Å². The molecule has 0 aromatic rings. The van der Waals surface area contributed by atoms with Crippen molar-refractivity contribution < 1.29 is 4.74 Å². The molecule has 0 radical (unpaired) electrons. The van der Waals surface area contributed by atoms with Crippen LogP contribution in [0.5, 0.6) is 0 Å². The Morgan fingerprint density at radius 1 is 1.20 bits per heavy atom. The second-order valence-corrected chi connectivity index (χ2v) is 6.01. The van der Waals surface area contributed by atoms with Gasteiger partial charge >= 0.3 is 0 Å². The number of aliphatic imine (C=N–C) groups is 1. The van der Waals surface area contributed by atoms with Gasteiger partial charge in [-0.05, 0) is 32.1 Å². The van der Waals surface area contributed by atoms with E-state index in [-0.39, 0.29) is 0 Å². The smallest absolute Gasteiger partial charge is 0.191 e. The number of guanidine groups is 1. The van der Waals surface area contributed by atoms with Crippen LogP contribution in [0.15, 0.2) is 4.99 Å². The Labute approximate surface area is 123 Å². The molecule has 0 saturated heterocycles. The monoisotopic (exact) mass is 281 g/mol. The first kappa shape index (κ1) is 15.6. The van der Waals surface area contributed by atoms with Crippen molar-refractivity contribution >= 4 is 5.96 Å². The molecule has 20 heavy (non-hydrogen) atoms. The lowest BCUT2D eigenvalue weighted by Crippen LogP contribution is -2.40. The van der Waals surface area contributed by atoms with Gasteiger partial charge in [0.1, 0.15) is 0 Å². The average molecular weight is 281 g/mol. The molecule has 4 nitrogen and oxygen atoms in total. The molecule has 2 unspecified atom stereocenters. The fourth-order valence-electron chi connectivity index (χ4n) is 3.33. The fraction of sp³-hybridized carbons (Fsp3) is 0.938. The maximum atomic E-state index is 5.34. The summed E-state index contributed by atoms with van der Waals surface area (Å²) in [5.41, 5.74) is 0. The Kier molecular flexibility index (Phi) is 6.64. The van der Waals surface area contributed by atoms with Gasteiger partial charge in [-0.2, -0.15) is 0 Å². The SMILES string of the molecule is CCNC(=NCCOCC)NC1CC1C1CCCCC1. The first-order valence-electron chi connectivity index (χ1n) is 8.47. The third-order valence-corrected chi connectivity index (χ3v) is 4.47. The molecule has 2 aliphatic carbocycles. The number of hydrogen-bond donors (Lipinski definition) is 2. The van der Waals surface area contributed by atoms with Crippen molar-refractivity contribution in [1.82, 2.24) is 10.6 Å². The van der Waals surface area contributed by atoms with E-state index in [2.05, 4.69) is 22.5 Å². The first-order chi connectivity index (χ1) is 9.85. The molecule has 4 heteroatoms. The molecule has 2 saturated carbocycles. The molecule has 2 aliphatic rings. The summed E-state index contributed by atoms with van der Waals surface area (Å²) in [6.07, 6.45) is 8.55. The number of nitrogens with one attached hydrogen (secondary N) is 2. The molecular formula is C16H31N3O. The van der Waals surface area contributed by atoms with Gasteiger partial charge in [0.25, 0.3) is 0 Å². The maximum absolute atomic E-state index is 5.34. The summed E-state index contributed by atoms with van der Waals surface area (Å²) in [4.78, 5) is 4.58. The average Bonchev–Trinajstić information content (AvgIpc) is 3.24. The summed E-state index contributed by atoms with van der Waals surface area (Å²) in [5.74, 6) is 2.83. The molecule has 0 aliphatic heterocycles. The highest BCUT2D eigenvalue weighted by molar-refractivity contribution is 5.80. The van der Waals surface area contributed by atoms with E-state index in [4.69, 9.17) is 4.74 Å². The minimum Gasteiger partial charge on any atom is -0.380 e. The van der Waals surface area contributed by atoms with Gasteiger partial charge in [-0.15, -0.1) is 0 Å². The van der Waals surface area contributed by atoms with Crippen molar-refractivity contribution in [2.24, 2.45) is 16.8 Å². The van der Waals surface area contributed by atoms with Crippen LogP contribution in [-0.4, -0.2) is 38.3 Å². The summed E-state index contributed by atoms with van der Waals surface area (Å²) in [6.45, 7) is 7.28. The quantitative estimate of drug-likeness (QED) is 0.428. The predicted molar refractivity (Wildman–Crippen MR) is 84.1 cm³/mol. The standard InChI is InChI=1S/C16H31N3O/c1-3-17-16(18-10-11-20-4-2)19-15-12-14(15)13-8-6-5-7-9-13/h13-15H,3-12H2,1-2H3,(H2,17,18,19). The molecule has 0 aromatic heterocycles. The van der Waals surface area contributed by atoms with Crippen LogP contribution in [0.25, 0.3) is 0 Å². The van der Waals surface area contributed by atoms with Crippen molar-refractivity contribution in [3.8, 4) is 0 Å². The Bertz CT molecular complexity index is 300. The second kappa shape index (κ2) is 8.50. The Morgan fingerprint density at radius 3 is 2.70 bits per heavy atom. The van der Waals surface area contributed by atoms with E-state index in [0.717, 1.165) is 37.5 Å². The van der Waals surface area contributed by atoms with Gasteiger partial charge in [0.15, 0.2) is 5.96 Å². The number of ether oxygens (including phenoxy) is 1. The van der Waals surface area contributed by atoms with E-state index in [9.17, 15) is 0 Å². The van der Waals surface area contributed by atoms with Crippen molar-refractivity contribution in [1.29, 1.82) is 0 Å². The third-order valence-electron chi connectivity index (χ3n) is 4.47. The molecule has 0 amide bonds. The van der Waals surface area contributed by atoms with Crippen LogP contribution < -0.4 is 10.6 Å². The lowest BCUT2D eigenvalue weighted by atomic mass is 9.85. The number of rotatable bonds is 7. The second-order valence-electron chi connectivity index (χ2n) is 6.01. The van der Waals surface area contributed by atoms with E-state index in [0.29, 0.717) is 12.6 Å². The lowest BCUT2D eigenvalue weighted by molar-refractivity contribution is 0.155. The van der Waals surface area contributed by atoms with Crippen molar-refractivity contribution in [2.75, 3.05) is 26.3 Å². The molecule has 0 bridgehead atoms. The van der Waals surface area contributed by atoms with Gasteiger partial charge in [0.05, 0.1) is 13.2 Å². The van der Waals surface area contributed by atoms with Crippen LogP contribution in [0, 0.1) is 11.8 Å². The van der Waals surface area contributed by atoms with Crippen LogP contribution in [0.2, 0.25) is 0 Å². The largest absolute Gasteiger partial charge is 0.380 e. The van der Waals surface area contributed by atoms with Gasteiger partial charge in [-0.3, -0.25) is 4.99 Å². The molecule has 2 atom stereocenters. The minimum atomic E-state index is 0.656. The van der Waals surface area contributed by atoms with Gasteiger partial charge in [-0.25, -0.2) is 0 Å². The summed E-state index contributed by atoms with van der Waals surface area (Å²) >= 11 is 0. The fourth-order valence-corrected chi connectivity index (χ4v) is 3.33. The van der Waals surface area contributed by atoms with Gasteiger partial charge in [-0.1, -0.05) is 32.1 Å². The first-order valence-corrected chi connectivity index (χ1v) is 8.47. The van der Waals surface area contributed by atoms with Crippen LogP contribution in [0.4, 0.5) is 0 Å². The minimum absolute atomic E-state index is 0.656. The highest BCUT2D eigenvalue weighted by atomic mass is 16.5. The van der Waals surface area contributed by atoms with Gasteiger partial charge in [0.2, 0.25) is 0 Å². The number of hydrogen-bond acceptors (Lipinski definition) is 2. The van der Waals surface area contributed by atoms with Crippen molar-refractivity contribution in [3.05, 3.63) is 0 Å². The van der Waals surface area contributed by atoms with E-state index >= 15 is 0 Å². The molecule has 2 fully saturated rings. The zero-order valence-electron chi connectivity index (χ0n) is 13.2. The van der Waals surface area contributed by atoms with E-state index in [1.165, 1.54) is 38.5 Å². The molecule has 0 aromatic carbocycles.